The van der Waals surface area contributed by atoms with Gasteiger partial charge in [-0.05, 0) is 18.9 Å². The Morgan fingerprint density at radius 3 is 2.82 bits per heavy atom. The predicted octanol–water partition coefficient (Wildman–Crippen LogP) is 2.88. The third kappa shape index (κ3) is 2.31. The van der Waals surface area contributed by atoms with Gasteiger partial charge in [-0.3, -0.25) is 4.40 Å². The smallest absolute Gasteiger partial charge is 0.162 e. The maximum Gasteiger partial charge on any atom is 0.162 e. The highest BCUT2D eigenvalue weighted by Crippen LogP contribution is 2.24. The minimum atomic E-state index is 0.551. The van der Waals surface area contributed by atoms with Gasteiger partial charge in [-0.25, -0.2) is 4.98 Å². The van der Waals surface area contributed by atoms with Crippen LogP contribution in [-0.4, -0.2) is 9.38 Å². The molecule has 0 aromatic carbocycles. The fourth-order valence-corrected chi connectivity index (χ4v) is 2.21. The molecule has 4 nitrogen and oxygen atoms in total. The number of nitrogen functional groups attached to an aromatic ring is 2. The molecule has 17 heavy (non-hydrogen) atoms. The molecule has 2 aromatic rings. The number of unbranched alkanes of at least 4 members (excludes halogenated alkanes) is 2. The standard InChI is InChI=1S/C12H17ClN4/c1-2-3-4-5-10-11(15)16-12-9(14)6-8(13)7-17(10)12/h6-7H,2-5,14-15H2,1H3. The van der Waals surface area contributed by atoms with Crippen LogP contribution in [0.1, 0.15) is 31.9 Å². The van der Waals surface area contributed by atoms with E-state index in [4.69, 9.17) is 23.1 Å². The van der Waals surface area contributed by atoms with Gasteiger partial charge in [-0.15, -0.1) is 0 Å². The third-order valence-corrected chi connectivity index (χ3v) is 3.07. The van der Waals surface area contributed by atoms with Gasteiger partial charge in [0.05, 0.1) is 16.4 Å². The summed E-state index contributed by atoms with van der Waals surface area (Å²) in [6, 6.07) is 1.69. The van der Waals surface area contributed by atoms with Crippen molar-refractivity contribution in [1.82, 2.24) is 9.38 Å². The van der Waals surface area contributed by atoms with Crippen molar-refractivity contribution in [3.63, 3.8) is 0 Å². The normalized spacial score (nSPS) is 11.2. The number of imidazole rings is 1. The second-order valence-electron chi connectivity index (χ2n) is 4.21. The van der Waals surface area contributed by atoms with Crippen LogP contribution in [0.25, 0.3) is 5.65 Å². The van der Waals surface area contributed by atoms with E-state index in [2.05, 4.69) is 11.9 Å². The topological polar surface area (TPSA) is 69.3 Å². The molecular weight excluding hydrogens is 236 g/mol. The Kier molecular flexibility index (Phi) is 3.43. The van der Waals surface area contributed by atoms with Gasteiger partial charge in [-0.1, -0.05) is 31.4 Å². The third-order valence-electron chi connectivity index (χ3n) is 2.86. The number of pyridine rings is 1. The SMILES string of the molecule is CCCCCc1c(N)nc2c(N)cc(Cl)cn12. The summed E-state index contributed by atoms with van der Waals surface area (Å²) in [6.07, 6.45) is 6.18. The number of nitrogens with zero attached hydrogens (tertiary/aromatic N) is 2. The molecule has 0 radical (unpaired) electrons. The molecule has 5 heteroatoms. The van der Waals surface area contributed by atoms with E-state index < -0.39 is 0 Å². The number of nitrogens with two attached hydrogens (primary N) is 2. The second kappa shape index (κ2) is 4.84. The first kappa shape index (κ1) is 12.0. The molecule has 4 N–H and O–H groups in total. The molecule has 92 valence electrons. The summed E-state index contributed by atoms with van der Waals surface area (Å²) in [4.78, 5) is 4.29. The number of aryl methyl sites for hydroxylation is 1. The molecule has 0 fully saturated rings. The van der Waals surface area contributed by atoms with E-state index in [1.165, 1.54) is 12.8 Å². The van der Waals surface area contributed by atoms with E-state index in [9.17, 15) is 0 Å². The van der Waals surface area contributed by atoms with Gasteiger partial charge in [0.15, 0.2) is 5.65 Å². The average Bonchev–Trinajstić information content (AvgIpc) is 2.57. The maximum atomic E-state index is 6.00. The molecule has 0 saturated heterocycles. The summed E-state index contributed by atoms with van der Waals surface area (Å²) in [5.74, 6) is 0.551. The summed E-state index contributed by atoms with van der Waals surface area (Å²) >= 11 is 6.00. The minimum absolute atomic E-state index is 0.551. The molecule has 0 amide bonds. The first-order valence-electron chi connectivity index (χ1n) is 5.85. The average molecular weight is 253 g/mol. The molecule has 2 aromatic heterocycles. The van der Waals surface area contributed by atoms with Gasteiger partial charge < -0.3 is 11.5 Å². The van der Waals surface area contributed by atoms with Crippen molar-refractivity contribution in [3.8, 4) is 0 Å². The molecule has 2 heterocycles. The molecule has 0 spiro atoms. The van der Waals surface area contributed by atoms with Gasteiger partial charge in [0.1, 0.15) is 5.82 Å². The number of anilines is 2. The summed E-state index contributed by atoms with van der Waals surface area (Å²) in [5, 5.41) is 0.601. The summed E-state index contributed by atoms with van der Waals surface area (Å²) in [7, 11) is 0. The molecule has 0 unspecified atom stereocenters. The maximum absolute atomic E-state index is 6.00. The molecule has 0 atom stereocenters. The minimum Gasteiger partial charge on any atom is -0.396 e. The van der Waals surface area contributed by atoms with Crippen LogP contribution in [0.2, 0.25) is 5.02 Å². The molecule has 0 aliphatic heterocycles. The van der Waals surface area contributed by atoms with Crippen LogP contribution in [0, 0.1) is 0 Å². The highest BCUT2D eigenvalue weighted by Gasteiger charge is 2.11. The Labute approximate surface area is 106 Å². The van der Waals surface area contributed by atoms with Crippen LogP contribution >= 0.6 is 11.6 Å². The summed E-state index contributed by atoms with van der Waals surface area (Å²) in [6.45, 7) is 2.17. The fourth-order valence-electron chi connectivity index (χ4n) is 1.99. The van der Waals surface area contributed by atoms with Crippen molar-refractivity contribution >= 4 is 28.8 Å². The molecular formula is C12H17ClN4. The van der Waals surface area contributed by atoms with Crippen molar-refractivity contribution in [2.24, 2.45) is 0 Å². The molecule has 0 aliphatic rings. The second-order valence-corrected chi connectivity index (χ2v) is 4.64. The zero-order valence-corrected chi connectivity index (χ0v) is 10.7. The first-order chi connectivity index (χ1) is 8.13. The van der Waals surface area contributed by atoms with Crippen LogP contribution in [0.4, 0.5) is 11.5 Å². The van der Waals surface area contributed by atoms with Gasteiger partial charge >= 0.3 is 0 Å². The Morgan fingerprint density at radius 2 is 2.12 bits per heavy atom. The predicted molar refractivity (Wildman–Crippen MR) is 72.3 cm³/mol. The van der Waals surface area contributed by atoms with Gasteiger partial charge in [-0.2, -0.15) is 0 Å². The van der Waals surface area contributed by atoms with E-state index in [0.29, 0.717) is 22.2 Å². The molecule has 2 rings (SSSR count). The highest BCUT2D eigenvalue weighted by atomic mass is 35.5. The number of halogens is 1. The van der Waals surface area contributed by atoms with Crippen LogP contribution in [0.3, 0.4) is 0 Å². The largest absolute Gasteiger partial charge is 0.396 e. The summed E-state index contributed by atoms with van der Waals surface area (Å²) < 4.78 is 1.91. The molecule has 0 bridgehead atoms. The molecule has 0 aliphatic carbocycles. The first-order valence-corrected chi connectivity index (χ1v) is 6.22. The monoisotopic (exact) mass is 252 g/mol. The van der Waals surface area contributed by atoms with Gasteiger partial charge in [0, 0.05) is 6.20 Å². The van der Waals surface area contributed by atoms with Crippen LogP contribution in [-0.2, 0) is 6.42 Å². The summed E-state index contributed by atoms with van der Waals surface area (Å²) in [5.41, 5.74) is 14.1. The van der Waals surface area contributed by atoms with Crippen LogP contribution < -0.4 is 11.5 Å². The van der Waals surface area contributed by atoms with Crippen molar-refractivity contribution in [3.05, 3.63) is 23.0 Å². The fraction of sp³-hybridized carbons (Fsp3) is 0.417. The van der Waals surface area contributed by atoms with E-state index >= 15 is 0 Å². The Hall–Kier alpha value is -1.42. The lowest BCUT2D eigenvalue weighted by molar-refractivity contribution is 0.705. The van der Waals surface area contributed by atoms with Crippen molar-refractivity contribution in [2.45, 2.75) is 32.6 Å². The van der Waals surface area contributed by atoms with Gasteiger partial charge in [0.2, 0.25) is 0 Å². The lowest BCUT2D eigenvalue weighted by Gasteiger charge is -2.04. The van der Waals surface area contributed by atoms with E-state index in [1.807, 2.05) is 10.6 Å². The van der Waals surface area contributed by atoms with Crippen molar-refractivity contribution in [2.75, 3.05) is 11.5 Å². The Morgan fingerprint density at radius 1 is 1.35 bits per heavy atom. The van der Waals surface area contributed by atoms with Crippen LogP contribution in [0.15, 0.2) is 12.3 Å². The van der Waals surface area contributed by atoms with Crippen molar-refractivity contribution < 1.29 is 0 Å². The number of hydrogen-bond acceptors (Lipinski definition) is 3. The van der Waals surface area contributed by atoms with Crippen LogP contribution in [0.5, 0.6) is 0 Å². The molecule has 0 saturated carbocycles. The number of aromatic nitrogens is 2. The Balaban J connectivity index is 2.43. The number of fused-ring (bicyclic) bond motifs is 1. The van der Waals surface area contributed by atoms with E-state index in [-0.39, 0.29) is 0 Å². The zero-order chi connectivity index (χ0) is 12.4. The Bertz CT molecular complexity index is 533. The lowest BCUT2D eigenvalue weighted by Crippen LogP contribution is -1.98. The lowest BCUT2D eigenvalue weighted by atomic mass is 10.1. The van der Waals surface area contributed by atoms with E-state index in [0.717, 1.165) is 18.5 Å². The zero-order valence-electron chi connectivity index (χ0n) is 9.91. The number of hydrogen-bond donors (Lipinski definition) is 2. The van der Waals surface area contributed by atoms with Gasteiger partial charge in [0.25, 0.3) is 0 Å². The quantitative estimate of drug-likeness (QED) is 0.822. The number of rotatable bonds is 4. The van der Waals surface area contributed by atoms with Crippen molar-refractivity contribution in [1.29, 1.82) is 0 Å². The highest BCUT2D eigenvalue weighted by molar-refractivity contribution is 6.30. The van der Waals surface area contributed by atoms with E-state index in [1.54, 1.807) is 6.07 Å².